The Morgan fingerprint density at radius 2 is 2.22 bits per heavy atom. The highest BCUT2D eigenvalue weighted by molar-refractivity contribution is 5.74. The number of hydrogen-bond acceptors (Lipinski definition) is 6. The molecule has 0 spiro atoms. The highest BCUT2D eigenvalue weighted by Gasteiger charge is 2.31. The van der Waals surface area contributed by atoms with Crippen LogP contribution in [0.25, 0.3) is 0 Å². The van der Waals surface area contributed by atoms with Gasteiger partial charge in [-0.3, -0.25) is 4.79 Å². The van der Waals surface area contributed by atoms with E-state index in [9.17, 15) is 4.79 Å². The predicted octanol–water partition coefficient (Wildman–Crippen LogP) is 0.494. The van der Waals surface area contributed by atoms with Crippen LogP contribution in [0.5, 0.6) is 0 Å². The standard InChI is InChI=1S/C10H14O4.C2H4O2/c1-3-4-5-6-9-13-7-8(14-9)10(11)12-2;1-4-2-3/h1,8-9H,4-7H2,2H3;2H,1H3. The minimum absolute atomic E-state index is 0.271. The van der Waals surface area contributed by atoms with E-state index in [1.165, 1.54) is 14.2 Å². The third kappa shape index (κ3) is 6.89. The van der Waals surface area contributed by atoms with Crippen molar-refractivity contribution in [3.05, 3.63) is 0 Å². The molecule has 102 valence electrons. The van der Waals surface area contributed by atoms with Crippen molar-refractivity contribution in [1.29, 1.82) is 0 Å². The molecule has 6 nitrogen and oxygen atoms in total. The molecule has 1 aliphatic heterocycles. The van der Waals surface area contributed by atoms with Gasteiger partial charge in [-0.05, 0) is 12.8 Å². The van der Waals surface area contributed by atoms with Crippen LogP contribution in [-0.4, -0.2) is 45.7 Å². The zero-order valence-electron chi connectivity index (χ0n) is 10.6. The normalized spacial score (nSPS) is 21.2. The second-order valence-electron chi connectivity index (χ2n) is 3.34. The van der Waals surface area contributed by atoms with Gasteiger partial charge in [0.2, 0.25) is 0 Å². The van der Waals surface area contributed by atoms with Crippen LogP contribution in [0.2, 0.25) is 0 Å². The zero-order chi connectivity index (χ0) is 13.8. The van der Waals surface area contributed by atoms with E-state index >= 15 is 0 Å². The van der Waals surface area contributed by atoms with E-state index in [0.29, 0.717) is 12.9 Å². The topological polar surface area (TPSA) is 71.1 Å². The maximum absolute atomic E-state index is 11.0. The second-order valence-corrected chi connectivity index (χ2v) is 3.34. The molecule has 0 aromatic heterocycles. The van der Waals surface area contributed by atoms with Gasteiger partial charge in [-0.15, -0.1) is 12.3 Å². The molecular weight excluding hydrogens is 240 g/mol. The van der Waals surface area contributed by atoms with Crippen LogP contribution >= 0.6 is 0 Å². The summed E-state index contributed by atoms with van der Waals surface area (Å²) in [6.07, 6.45) is 6.48. The van der Waals surface area contributed by atoms with E-state index in [2.05, 4.69) is 15.4 Å². The summed E-state index contributed by atoms with van der Waals surface area (Å²) in [5.74, 6) is 2.15. The Kier molecular flexibility index (Phi) is 9.64. The highest BCUT2D eigenvalue weighted by Crippen LogP contribution is 2.17. The summed E-state index contributed by atoms with van der Waals surface area (Å²) in [4.78, 5) is 20.0. The van der Waals surface area contributed by atoms with Gasteiger partial charge in [0, 0.05) is 6.42 Å². The average molecular weight is 258 g/mol. The molecule has 1 heterocycles. The molecule has 1 saturated heterocycles. The van der Waals surface area contributed by atoms with Gasteiger partial charge < -0.3 is 18.9 Å². The van der Waals surface area contributed by atoms with Crippen molar-refractivity contribution in [2.45, 2.75) is 31.7 Å². The van der Waals surface area contributed by atoms with Crippen LogP contribution < -0.4 is 0 Å². The summed E-state index contributed by atoms with van der Waals surface area (Å²) in [6.45, 7) is 0.646. The molecular formula is C12H18O6. The number of ether oxygens (including phenoxy) is 4. The molecule has 6 heteroatoms. The fourth-order valence-corrected chi connectivity index (χ4v) is 1.23. The van der Waals surface area contributed by atoms with E-state index in [-0.39, 0.29) is 18.9 Å². The smallest absolute Gasteiger partial charge is 0.337 e. The molecule has 2 unspecified atom stereocenters. The number of esters is 1. The molecule has 0 aromatic rings. The monoisotopic (exact) mass is 258 g/mol. The van der Waals surface area contributed by atoms with Gasteiger partial charge in [-0.25, -0.2) is 4.79 Å². The molecule has 0 bridgehead atoms. The van der Waals surface area contributed by atoms with Crippen molar-refractivity contribution >= 4 is 12.4 Å². The largest absolute Gasteiger partial charge is 0.471 e. The lowest BCUT2D eigenvalue weighted by molar-refractivity contribution is -0.154. The van der Waals surface area contributed by atoms with E-state index in [0.717, 1.165) is 12.8 Å². The molecule has 0 aromatic carbocycles. The summed E-state index contributed by atoms with van der Waals surface area (Å²) >= 11 is 0. The van der Waals surface area contributed by atoms with Crippen molar-refractivity contribution in [2.75, 3.05) is 20.8 Å². The van der Waals surface area contributed by atoms with Crippen molar-refractivity contribution in [2.24, 2.45) is 0 Å². The fourth-order valence-electron chi connectivity index (χ4n) is 1.23. The summed E-state index contributed by atoms with van der Waals surface area (Å²) in [7, 11) is 2.64. The second kappa shape index (κ2) is 10.6. The van der Waals surface area contributed by atoms with Gasteiger partial charge in [-0.1, -0.05) is 0 Å². The van der Waals surface area contributed by atoms with Crippen LogP contribution in [0, 0.1) is 12.3 Å². The number of terminal acetylenes is 1. The summed E-state index contributed by atoms with van der Waals surface area (Å²) in [6, 6.07) is 0. The Labute approximate surface area is 107 Å². The van der Waals surface area contributed by atoms with Gasteiger partial charge in [0.1, 0.15) is 0 Å². The maximum Gasteiger partial charge on any atom is 0.337 e. The number of hydrogen-bond donors (Lipinski definition) is 0. The molecule has 0 N–H and O–H groups in total. The Balaban J connectivity index is 0.000000631. The lowest BCUT2D eigenvalue weighted by Gasteiger charge is -2.08. The third-order valence-corrected chi connectivity index (χ3v) is 2.07. The van der Waals surface area contributed by atoms with Gasteiger partial charge in [0.15, 0.2) is 12.4 Å². The SMILES string of the molecule is C#CCCCC1OCC(C(=O)OC)O1.COC=O. The first-order valence-electron chi connectivity index (χ1n) is 5.44. The van der Waals surface area contributed by atoms with Gasteiger partial charge in [-0.2, -0.15) is 0 Å². The van der Waals surface area contributed by atoms with Crippen LogP contribution in [0.15, 0.2) is 0 Å². The third-order valence-electron chi connectivity index (χ3n) is 2.07. The molecule has 0 radical (unpaired) electrons. The minimum Gasteiger partial charge on any atom is -0.471 e. The molecule has 18 heavy (non-hydrogen) atoms. The quantitative estimate of drug-likeness (QED) is 0.309. The Hall–Kier alpha value is -1.58. The lowest BCUT2D eigenvalue weighted by Crippen LogP contribution is -2.24. The van der Waals surface area contributed by atoms with Crippen LogP contribution in [-0.2, 0) is 28.5 Å². The van der Waals surface area contributed by atoms with E-state index in [1.807, 2.05) is 0 Å². The fraction of sp³-hybridized carbons (Fsp3) is 0.667. The lowest BCUT2D eigenvalue weighted by atomic mass is 10.2. The van der Waals surface area contributed by atoms with Crippen molar-refractivity contribution in [3.8, 4) is 12.3 Å². The first-order valence-corrected chi connectivity index (χ1v) is 5.44. The molecule has 1 fully saturated rings. The van der Waals surface area contributed by atoms with Crippen LogP contribution in [0.4, 0.5) is 0 Å². The highest BCUT2D eigenvalue weighted by atomic mass is 16.7. The predicted molar refractivity (Wildman–Crippen MR) is 62.4 cm³/mol. The number of carbonyl (C=O) groups is 2. The van der Waals surface area contributed by atoms with Gasteiger partial charge in [0.25, 0.3) is 6.47 Å². The number of carbonyl (C=O) groups excluding carboxylic acids is 2. The van der Waals surface area contributed by atoms with Crippen LogP contribution in [0.3, 0.4) is 0 Å². The molecule has 1 rings (SSSR count). The minimum atomic E-state index is -0.573. The van der Waals surface area contributed by atoms with Gasteiger partial charge >= 0.3 is 5.97 Å². The van der Waals surface area contributed by atoms with Crippen molar-refractivity contribution in [3.63, 3.8) is 0 Å². The van der Waals surface area contributed by atoms with E-state index in [1.54, 1.807) is 0 Å². The van der Waals surface area contributed by atoms with Gasteiger partial charge in [0.05, 0.1) is 20.8 Å². The Morgan fingerprint density at radius 1 is 1.56 bits per heavy atom. The van der Waals surface area contributed by atoms with Crippen LogP contribution in [0.1, 0.15) is 19.3 Å². The first-order chi connectivity index (χ1) is 8.69. The zero-order valence-corrected chi connectivity index (χ0v) is 10.6. The average Bonchev–Trinajstić information content (AvgIpc) is 2.87. The molecule has 2 atom stereocenters. The number of unbranched alkanes of at least 4 members (excludes halogenated alkanes) is 1. The molecule has 1 aliphatic rings. The summed E-state index contributed by atoms with van der Waals surface area (Å²) < 4.78 is 18.9. The summed E-state index contributed by atoms with van der Waals surface area (Å²) in [5, 5.41) is 0. The first kappa shape index (κ1) is 16.4. The van der Waals surface area contributed by atoms with E-state index in [4.69, 9.17) is 20.7 Å². The van der Waals surface area contributed by atoms with Crippen molar-refractivity contribution < 1.29 is 28.5 Å². The molecule has 0 aliphatic carbocycles. The Bertz CT molecular complexity index is 283. The summed E-state index contributed by atoms with van der Waals surface area (Å²) in [5.41, 5.74) is 0. The number of rotatable bonds is 5. The Morgan fingerprint density at radius 3 is 2.72 bits per heavy atom. The molecule has 0 saturated carbocycles. The number of methoxy groups -OCH3 is 2. The molecule has 0 amide bonds. The maximum atomic E-state index is 11.0. The van der Waals surface area contributed by atoms with E-state index < -0.39 is 6.10 Å². The van der Waals surface area contributed by atoms with Crippen molar-refractivity contribution in [1.82, 2.24) is 0 Å².